The minimum absolute atomic E-state index is 0.0425. The maximum absolute atomic E-state index is 12.6. The number of nitrogens with two attached hydrogens (primary N) is 1. The number of benzene rings is 1. The molecule has 8 nitrogen and oxygen atoms in total. The fourth-order valence-corrected chi connectivity index (χ4v) is 3.86. The van der Waals surface area contributed by atoms with Gasteiger partial charge in [-0.3, -0.25) is 9.59 Å². The molecule has 2 heterocycles. The predicted octanol–water partition coefficient (Wildman–Crippen LogP) is 1.78. The van der Waals surface area contributed by atoms with Crippen LogP contribution in [-0.4, -0.2) is 44.0 Å². The summed E-state index contributed by atoms with van der Waals surface area (Å²) in [6, 6.07) is 3.57. The molecule has 1 fully saturated rings. The molecule has 1 saturated heterocycles. The van der Waals surface area contributed by atoms with Gasteiger partial charge in [0.25, 0.3) is 0 Å². The number of piperidine rings is 1. The molecule has 8 heteroatoms. The molecular weight excluding hydrogens is 376 g/mol. The van der Waals surface area contributed by atoms with E-state index in [9.17, 15) is 14.4 Å². The number of carbonyl (C=O) groups is 2. The molecule has 0 spiro atoms. The lowest BCUT2D eigenvalue weighted by molar-refractivity contribution is -0.134. The molecule has 0 unspecified atom stereocenters. The first-order valence-corrected chi connectivity index (χ1v) is 9.61. The van der Waals surface area contributed by atoms with Crippen LogP contribution in [0.15, 0.2) is 21.3 Å². The molecule has 2 amide bonds. The number of rotatable bonds is 6. The summed E-state index contributed by atoms with van der Waals surface area (Å²) < 4.78 is 16.1. The average molecular weight is 402 g/mol. The fourth-order valence-electron chi connectivity index (χ4n) is 3.86. The molecule has 0 atom stereocenters. The van der Waals surface area contributed by atoms with Gasteiger partial charge in [0.2, 0.25) is 17.6 Å². The molecule has 29 heavy (non-hydrogen) atoms. The summed E-state index contributed by atoms with van der Waals surface area (Å²) in [7, 11) is 3.00. The highest BCUT2D eigenvalue weighted by Crippen LogP contribution is 2.36. The van der Waals surface area contributed by atoms with E-state index in [1.54, 1.807) is 11.0 Å². The van der Waals surface area contributed by atoms with E-state index >= 15 is 0 Å². The average Bonchev–Trinajstić information content (AvgIpc) is 2.72. The molecule has 0 saturated carbocycles. The van der Waals surface area contributed by atoms with Gasteiger partial charge in [0.15, 0.2) is 11.3 Å². The number of likely N-dealkylation sites (tertiary alicyclic amines) is 1. The van der Waals surface area contributed by atoms with E-state index in [-0.39, 0.29) is 30.6 Å². The predicted molar refractivity (Wildman–Crippen MR) is 107 cm³/mol. The zero-order chi connectivity index (χ0) is 21.1. The number of fused-ring (bicyclic) bond motifs is 1. The summed E-state index contributed by atoms with van der Waals surface area (Å²) in [4.78, 5) is 38.1. The number of ether oxygens (including phenoxy) is 2. The summed E-state index contributed by atoms with van der Waals surface area (Å²) in [5.74, 6) is 0.323. The van der Waals surface area contributed by atoms with Crippen LogP contribution < -0.4 is 20.8 Å². The molecule has 3 rings (SSSR count). The Hall–Kier alpha value is -3.03. The second-order valence-corrected chi connectivity index (χ2v) is 7.23. The quantitative estimate of drug-likeness (QED) is 0.737. The minimum Gasteiger partial charge on any atom is -0.493 e. The third-order valence-electron chi connectivity index (χ3n) is 5.64. The normalized spacial score (nSPS) is 14.8. The van der Waals surface area contributed by atoms with Crippen LogP contribution in [0.2, 0.25) is 0 Å². The topological polar surface area (TPSA) is 112 Å². The van der Waals surface area contributed by atoms with Crippen LogP contribution in [0, 0.1) is 12.8 Å². The third kappa shape index (κ3) is 4.06. The molecule has 1 aliphatic rings. The van der Waals surface area contributed by atoms with Crippen molar-refractivity contribution in [2.24, 2.45) is 11.7 Å². The summed E-state index contributed by atoms with van der Waals surface area (Å²) in [6.45, 7) is 2.85. The van der Waals surface area contributed by atoms with Gasteiger partial charge in [-0.1, -0.05) is 0 Å². The van der Waals surface area contributed by atoms with Crippen LogP contribution in [0.3, 0.4) is 0 Å². The lowest BCUT2D eigenvalue weighted by atomic mass is 9.95. The number of carbonyl (C=O) groups excluding carboxylic acids is 2. The second kappa shape index (κ2) is 8.55. The molecule has 1 aromatic carbocycles. The van der Waals surface area contributed by atoms with Crippen molar-refractivity contribution in [1.29, 1.82) is 0 Å². The Balaban J connectivity index is 1.78. The first kappa shape index (κ1) is 20.7. The zero-order valence-corrected chi connectivity index (χ0v) is 16.9. The Morgan fingerprint density at radius 3 is 2.48 bits per heavy atom. The van der Waals surface area contributed by atoms with Crippen molar-refractivity contribution in [2.45, 2.75) is 32.6 Å². The van der Waals surface area contributed by atoms with Crippen LogP contribution in [0.25, 0.3) is 11.0 Å². The molecule has 156 valence electrons. The molecule has 0 aliphatic carbocycles. The van der Waals surface area contributed by atoms with Gasteiger partial charge in [0.05, 0.1) is 14.2 Å². The van der Waals surface area contributed by atoms with Crippen LogP contribution in [0.1, 0.15) is 30.4 Å². The number of nitrogens with zero attached hydrogens (tertiary/aromatic N) is 1. The van der Waals surface area contributed by atoms with Gasteiger partial charge in [-0.05, 0) is 43.9 Å². The van der Waals surface area contributed by atoms with Gasteiger partial charge >= 0.3 is 5.63 Å². The van der Waals surface area contributed by atoms with E-state index in [4.69, 9.17) is 19.6 Å². The van der Waals surface area contributed by atoms with Crippen molar-refractivity contribution in [1.82, 2.24) is 4.90 Å². The number of aryl methyl sites for hydroxylation is 1. The van der Waals surface area contributed by atoms with E-state index in [0.29, 0.717) is 48.6 Å². The van der Waals surface area contributed by atoms with E-state index in [1.807, 2.05) is 13.0 Å². The van der Waals surface area contributed by atoms with Crippen LogP contribution in [0.4, 0.5) is 0 Å². The van der Waals surface area contributed by atoms with Gasteiger partial charge in [-0.15, -0.1) is 0 Å². The third-order valence-corrected chi connectivity index (χ3v) is 5.64. The summed E-state index contributed by atoms with van der Waals surface area (Å²) in [5, 5.41) is 0.743. The van der Waals surface area contributed by atoms with Crippen molar-refractivity contribution in [3.63, 3.8) is 0 Å². The Labute approximate surface area is 168 Å². The highest BCUT2D eigenvalue weighted by atomic mass is 16.5. The van der Waals surface area contributed by atoms with Crippen LogP contribution in [-0.2, 0) is 16.0 Å². The number of hydrogen-bond acceptors (Lipinski definition) is 6. The Morgan fingerprint density at radius 1 is 1.21 bits per heavy atom. The monoisotopic (exact) mass is 402 g/mol. The number of methoxy groups -OCH3 is 2. The lowest BCUT2D eigenvalue weighted by Gasteiger charge is -2.30. The highest BCUT2D eigenvalue weighted by Gasteiger charge is 2.26. The minimum atomic E-state index is -0.484. The largest absolute Gasteiger partial charge is 0.493 e. The maximum atomic E-state index is 12.6. The van der Waals surface area contributed by atoms with Gasteiger partial charge in [-0.2, -0.15) is 0 Å². The summed E-state index contributed by atoms with van der Waals surface area (Å²) in [5.41, 5.74) is 6.42. The Bertz CT molecular complexity index is 989. The first-order chi connectivity index (χ1) is 13.9. The van der Waals surface area contributed by atoms with Crippen molar-refractivity contribution in [3.8, 4) is 11.5 Å². The molecule has 2 N–H and O–H groups in total. The number of amides is 2. The van der Waals surface area contributed by atoms with Gasteiger partial charge in [-0.25, -0.2) is 4.79 Å². The van der Waals surface area contributed by atoms with Crippen LogP contribution in [0.5, 0.6) is 11.5 Å². The molecule has 0 radical (unpaired) electrons. The van der Waals surface area contributed by atoms with E-state index < -0.39 is 5.63 Å². The number of primary amides is 1. The standard InChI is InChI=1S/C21H26N2O6/c1-12-14-4-6-16(27-2)19(28-3)18(14)29-21(26)15(12)5-7-17(24)23-10-8-13(9-11-23)20(22)25/h4,6,13H,5,7-11H2,1-3H3,(H2,22,25). The first-order valence-electron chi connectivity index (χ1n) is 9.61. The zero-order valence-electron chi connectivity index (χ0n) is 16.9. The molecule has 1 aliphatic heterocycles. The van der Waals surface area contributed by atoms with E-state index in [2.05, 4.69) is 0 Å². The van der Waals surface area contributed by atoms with Crippen molar-refractivity contribution < 1.29 is 23.5 Å². The molecule has 1 aromatic heterocycles. The Morgan fingerprint density at radius 2 is 1.90 bits per heavy atom. The van der Waals surface area contributed by atoms with E-state index in [1.165, 1.54) is 14.2 Å². The lowest BCUT2D eigenvalue weighted by Crippen LogP contribution is -2.41. The fraction of sp³-hybridized carbons (Fsp3) is 0.476. The summed E-state index contributed by atoms with van der Waals surface area (Å²) >= 11 is 0. The molecular formula is C21H26N2O6. The molecule has 2 aromatic rings. The van der Waals surface area contributed by atoms with Gasteiger partial charge in [0.1, 0.15) is 0 Å². The smallest absolute Gasteiger partial charge is 0.339 e. The van der Waals surface area contributed by atoms with Crippen LogP contribution >= 0.6 is 0 Å². The van der Waals surface area contributed by atoms with Crippen molar-refractivity contribution in [3.05, 3.63) is 33.7 Å². The van der Waals surface area contributed by atoms with Gasteiger partial charge < -0.3 is 24.5 Å². The van der Waals surface area contributed by atoms with E-state index in [0.717, 1.165) is 10.9 Å². The SMILES string of the molecule is COc1ccc2c(C)c(CCC(=O)N3CCC(C(N)=O)CC3)c(=O)oc2c1OC. The summed E-state index contributed by atoms with van der Waals surface area (Å²) in [6.07, 6.45) is 1.65. The molecule has 0 bridgehead atoms. The number of hydrogen-bond donors (Lipinski definition) is 1. The Kier molecular flexibility index (Phi) is 6.10. The van der Waals surface area contributed by atoms with Crippen molar-refractivity contribution in [2.75, 3.05) is 27.3 Å². The second-order valence-electron chi connectivity index (χ2n) is 7.23. The van der Waals surface area contributed by atoms with Gasteiger partial charge in [0, 0.05) is 36.4 Å². The highest BCUT2D eigenvalue weighted by molar-refractivity contribution is 5.88. The maximum Gasteiger partial charge on any atom is 0.339 e. The van der Waals surface area contributed by atoms with Crippen molar-refractivity contribution >= 4 is 22.8 Å².